The minimum atomic E-state index is -4.54. The van der Waals surface area contributed by atoms with Gasteiger partial charge in [0.05, 0.1) is 18.8 Å². The van der Waals surface area contributed by atoms with Gasteiger partial charge in [0.25, 0.3) is 5.91 Å². The number of fused-ring (bicyclic) bond motifs is 2. The number of carbonyl (C=O) groups is 1. The average molecular weight is 530 g/mol. The summed E-state index contributed by atoms with van der Waals surface area (Å²) in [6, 6.07) is 11.6. The van der Waals surface area contributed by atoms with Crippen LogP contribution in [0.5, 0.6) is 17.2 Å². The SMILES string of the molecule is COc1ccccc1N1CCN(C(=O)c2cc3n(n2)[C@@H](C(F)(F)F)C[C@H](c2ccc4c(c2)OCO4)N3)CC1. The molecule has 200 valence electrons. The number of nitrogens with one attached hydrogen (secondary N) is 1. The molecule has 4 heterocycles. The second-order valence-electron chi connectivity index (χ2n) is 9.41. The molecule has 1 amide bonds. The van der Waals surface area contributed by atoms with E-state index in [1.807, 2.05) is 24.3 Å². The molecule has 0 unspecified atom stereocenters. The van der Waals surface area contributed by atoms with Crippen molar-refractivity contribution in [2.75, 3.05) is 50.3 Å². The van der Waals surface area contributed by atoms with E-state index < -0.39 is 24.2 Å². The van der Waals surface area contributed by atoms with Crippen molar-refractivity contribution in [3.63, 3.8) is 0 Å². The standard InChI is InChI=1S/C26H26F3N5O4/c1-36-20-5-3-2-4-19(20)32-8-10-33(11-9-32)25(35)18-14-24-30-17(13-23(26(27,28)29)34(24)31-18)16-6-7-21-22(12-16)38-15-37-21/h2-7,12,14,17,23,30H,8-11,13,15H2,1H3/t17-,23-/m1/s1. The molecular weight excluding hydrogens is 503 g/mol. The molecule has 12 heteroatoms. The van der Waals surface area contributed by atoms with Gasteiger partial charge in [-0.2, -0.15) is 18.3 Å². The Morgan fingerprint density at radius 3 is 2.58 bits per heavy atom. The first kappa shape index (κ1) is 24.3. The summed E-state index contributed by atoms with van der Waals surface area (Å²) >= 11 is 0. The van der Waals surface area contributed by atoms with Crippen molar-refractivity contribution < 1.29 is 32.2 Å². The van der Waals surface area contributed by atoms with Crippen LogP contribution in [0.15, 0.2) is 48.5 Å². The molecule has 1 fully saturated rings. The molecule has 2 aromatic carbocycles. The van der Waals surface area contributed by atoms with E-state index in [4.69, 9.17) is 14.2 Å². The van der Waals surface area contributed by atoms with Crippen LogP contribution >= 0.6 is 0 Å². The smallest absolute Gasteiger partial charge is 0.410 e. The number of nitrogens with zero attached hydrogens (tertiary/aromatic N) is 4. The van der Waals surface area contributed by atoms with Crippen molar-refractivity contribution >= 4 is 17.4 Å². The maximum absolute atomic E-state index is 14.1. The third-order valence-electron chi connectivity index (χ3n) is 7.20. The zero-order valence-electron chi connectivity index (χ0n) is 20.6. The largest absolute Gasteiger partial charge is 0.495 e. The number of para-hydroxylation sites is 2. The van der Waals surface area contributed by atoms with Crippen LogP contribution in [0.1, 0.15) is 34.6 Å². The molecular formula is C26H26F3N5O4. The van der Waals surface area contributed by atoms with Crippen molar-refractivity contribution in [1.82, 2.24) is 14.7 Å². The number of hydrogen-bond donors (Lipinski definition) is 1. The van der Waals surface area contributed by atoms with E-state index in [1.165, 1.54) is 6.07 Å². The van der Waals surface area contributed by atoms with Gasteiger partial charge >= 0.3 is 6.18 Å². The van der Waals surface area contributed by atoms with Gasteiger partial charge < -0.3 is 29.3 Å². The van der Waals surface area contributed by atoms with Crippen LogP contribution in [0.3, 0.4) is 0 Å². The first-order valence-electron chi connectivity index (χ1n) is 12.3. The van der Waals surface area contributed by atoms with Gasteiger partial charge in [-0.3, -0.25) is 4.79 Å². The minimum Gasteiger partial charge on any atom is -0.495 e. The Balaban J connectivity index is 1.21. The maximum Gasteiger partial charge on any atom is 0.410 e. The van der Waals surface area contributed by atoms with E-state index in [9.17, 15) is 18.0 Å². The Morgan fingerprint density at radius 2 is 1.82 bits per heavy atom. The van der Waals surface area contributed by atoms with E-state index >= 15 is 0 Å². The summed E-state index contributed by atoms with van der Waals surface area (Å²) in [5.74, 6) is 1.55. The second kappa shape index (κ2) is 9.34. The number of ether oxygens (including phenoxy) is 3. The van der Waals surface area contributed by atoms with E-state index in [0.29, 0.717) is 43.2 Å². The van der Waals surface area contributed by atoms with Gasteiger partial charge in [0.2, 0.25) is 6.79 Å². The first-order valence-corrected chi connectivity index (χ1v) is 12.3. The predicted octanol–water partition coefficient (Wildman–Crippen LogP) is 4.24. The summed E-state index contributed by atoms with van der Waals surface area (Å²) in [5.41, 5.74) is 1.56. The third-order valence-corrected chi connectivity index (χ3v) is 7.20. The number of halogens is 3. The van der Waals surface area contributed by atoms with Gasteiger partial charge in [0.15, 0.2) is 23.2 Å². The third kappa shape index (κ3) is 4.33. The topological polar surface area (TPSA) is 81.1 Å². The summed E-state index contributed by atoms with van der Waals surface area (Å²) in [6.07, 6.45) is -4.82. The summed E-state index contributed by atoms with van der Waals surface area (Å²) in [7, 11) is 1.61. The van der Waals surface area contributed by atoms with Crippen molar-refractivity contribution in [2.24, 2.45) is 0 Å². The molecule has 9 nitrogen and oxygen atoms in total. The first-order chi connectivity index (χ1) is 18.3. The van der Waals surface area contributed by atoms with Crippen LogP contribution in [0.25, 0.3) is 0 Å². The van der Waals surface area contributed by atoms with Crippen LogP contribution in [0.2, 0.25) is 0 Å². The number of anilines is 2. The van der Waals surface area contributed by atoms with E-state index in [2.05, 4.69) is 15.3 Å². The van der Waals surface area contributed by atoms with E-state index in [1.54, 1.807) is 30.2 Å². The monoisotopic (exact) mass is 529 g/mol. The Labute approximate surface area is 216 Å². The quantitative estimate of drug-likeness (QED) is 0.542. The fourth-order valence-corrected chi connectivity index (χ4v) is 5.23. The molecule has 6 rings (SSSR count). The Morgan fingerprint density at radius 1 is 1.05 bits per heavy atom. The summed E-state index contributed by atoms with van der Waals surface area (Å²) in [6.45, 7) is 2.03. The summed E-state index contributed by atoms with van der Waals surface area (Å²) in [5, 5.41) is 7.27. The number of methoxy groups -OCH3 is 1. The lowest BCUT2D eigenvalue weighted by atomic mass is 9.96. The number of alkyl halides is 3. The Hall–Kier alpha value is -4.09. The van der Waals surface area contributed by atoms with Gasteiger partial charge in [-0.25, -0.2) is 4.68 Å². The minimum absolute atomic E-state index is 0.0150. The highest BCUT2D eigenvalue weighted by Gasteiger charge is 2.47. The molecule has 3 aliphatic rings. The number of rotatable bonds is 4. The van der Waals surface area contributed by atoms with Crippen LogP contribution in [-0.4, -0.2) is 66.8 Å². The number of hydrogen-bond acceptors (Lipinski definition) is 7. The number of carbonyl (C=O) groups excluding carboxylic acids is 1. The molecule has 0 spiro atoms. The highest BCUT2D eigenvalue weighted by molar-refractivity contribution is 5.93. The van der Waals surface area contributed by atoms with Crippen molar-refractivity contribution in [3.8, 4) is 17.2 Å². The van der Waals surface area contributed by atoms with E-state index in [0.717, 1.165) is 16.1 Å². The molecule has 1 saturated heterocycles. The van der Waals surface area contributed by atoms with Crippen molar-refractivity contribution in [2.45, 2.75) is 24.7 Å². The Bertz CT molecular complexity index is 1350. The van der Waals surface area contributed by atoms with Gasteiger partial charge in [-0.05, 0) is 29.8 Å². The Kier molecular flexibility index (Phi) is 5.96. The average Bonchev–Trinajstić information content (AvgIpc) is 3.58. The highest BCUT2D eigenvalue weighted by Crippen LogP contribution is 2.45. The molecule has 1 aromatic heterocycles. The molecule has 38 heavy (non-hydrogen) atoms. The summed E-state index contributed by atoms with van der Waals surface area (Å²) in [4.78, 5) is 17.0. The van der Waals surface area contributed by atoms with Crippen LogP contribution in [0, 0.1) is 0 Å². The maximum atomic E-state index is 14.1. The lowest BCUT2D eigenvalue weighted by molar-refractivity contribution is -0.173. The number of amides is 1. The normalized spacial score (nSPS) is 20.6. The van der Waals surface area contributed by atoms with Crippen LogP contribution in [0.4, 0.5) is 24.7 Å². The van der Waals surface area contributed by atoms with Crippen molar-refractivity contribution in [1.29, 1.82) is 0 Å². The van der Waals surface area contributed by atoms with Gasteiger partial charge in [0.1, 0.15) is 11.6 Å². The molecule has 1 N–H and O–H groups in total. The molecule has 3 aliphatic heterocycles. The molecule has 2 atom stereocenters. The zero-order valence-corrected chi connectivity index (χ0v) is 20.6. The van der Waals surface area contributed by atoms with Crippen molar-refractivity contribution in [3.05, 3.63) is 59.8 Å². The molecule has 0 bridgehead atoms. The predicted molar refractivity (Wildman–Crippen MR) is 132 cm³/mol. The van der Waals surface area contributed by atoms with Gasteiger partial charge in [0, 0.05) is 38.7 Å². The number of benzene rings is 2. The molecule has 0 radical (unpaired) electrons. The van der Waals surface area contributed by atoms with Gasteiger partial charge in [-0.1, -0.05) is 18.2 Å². The van der Waals surface area contributed by atoms with Crippen LogP contribution < -0.4 is 24.4 Å². The zero-order chi connectivity index (χ0) is 26.4. The lowest BCUT2D eigenvalue weighted by Gasteiger charge is -2.36. The number of aromatic nitrogens is 2. The van der Waals surface area contributed by atoms with Gasteiger partial charge in [-0.15, -0.1) is 0 Å². The summed E-state index contributed by atoms with van der Waals surface area (Å²) < 4.78 is 59.4. The second-order valence-corrected chi connectivity index (χ2v) is 9.41. The molecule has 0 aliphatic carbocycles. The number of piperazine rings is 1. The fraction of sp³-hybridized carbons (Fsp3) is 0.385. The fourth-order valence-electron chi connectivity index (χ4n) is 5.23. The molecule has 0 saturated carbocycles. The van der Waals surface area contributed by atoms with E-state index in [-0.39, 0.29) is 24.7 Å². The highest BCUT2D eigenvalue weighted by atomic mass is 19.4. The lowest BCUT2D eigenvalue weighted by Crippen LogP contribution is -2.49. The molecule has 3 aromatic rings. The van der Waals surface area contributed by atoms with Crippen LogP contribution in [-0.2, 0) is 0 Å².